The van der Waals surface area contributed by atoms with E-state index in [1.165, 1.54) is 32.1 Å². The van der Waals surface area contributed by atoms with Crippen LogP contribution in [0.25, 0.3) is 0 Å². The third kappa shape index (κ3) is 5.38. The molecule has 0 aromatic heterocycles. The van der Waals surface area contributed by atoms with E-state index in [0.717, 1.165) is 38.5 Å². The molecule has 0 heterocycles. The van der Waals surface area contributed by atoms with Crippen LogP contribution in [-0.4, -0.2) is 18.1 Å². The first-order valence-corrected chi connectivity index (χ1v) is 7.65. The highest BCUT2D eigenvalue weighted by atomic mass is 16.5. The van der Waals surface area contributed by atoms with Gasteiger partial charge in [-0.1, -0.05) is 58.3 Å². The molecule has 3 nitrogen and oxygen atoms in total. The Kier molecular flexibility index (Phi) is 7.33. The molecule has 0 unspecified atom stereocenters. The maximum Gasteiger partial charge on any atom is 0.326 e. The molecule has 0 atom stereocenters. The summed E-state index contributed by atoms with van der Waals surface area (Å²) < 4.78 is 5.33. The zero-order valence-electron chi connectivity index (χ0n) is 11.9. The second-order valence-corrected chi connectivity index (χ2v) is 5.62. The lowest BCUT2D eigenvalue weighted by Crippen LogP contribution is -2.50. The summed E-state index contributed by atoms with van der Waals surface area (Å²) in [5.41, 5.74) is 5.43. The predicted molar refractivity (Wildman–Crippen MR) is 74.3 cm³/mol. The molecule has 0 saturated heterocycles. The molecule has 0 aliphatic heterocycles. The Balaban J connectivity index is 2.05. The highest BCUT2D eigenvalue weighted by Crippen LogP contribution is 2.27. The van der Waals surface area contributed by atoms with Crippen LogP contribution in [0, 0.1) is 0 Å². The lowest BCUT2D eigenvalue weighted by atomic mass is 9.83. The first kappa shape index (κ1) is 15.5. The van der Waals surface area contributed by atoms with Gasteiger partial charge in [-0.2, -0.15) is 0 Å². The standard InChI is InChI=1S/C15H29NO2/c1-2-3-4-5-6-10-13-18-14(17)15(16)11-8-7-9-12-15/h2-13,16H2,1H3. The van der Waals surface area contributed by atoms with Gasteiger partial charge < -0.3 is 10.5 Å². The quantitative estimate of drug-likeness (QED) is 0.533. The van der Waals surface area contributed by atoms with Crippen LogP contribution in [0.15, 0.2) is 0 Å². The number of rotatable bonds is 8. The van der Waals surface area contributed by atoms with Crippen LogP contribution >= 0.6 is 0 Å². The number of unbranched alkanes of at least 4 members (excludes halogenated alkanes) is 5. The molecule has 0 spiro atoms. The summed E-state index contributed by atoms with van der Waals surface area (Å²) in [4.78, 5) is 11.9. The molecular weight excluding hydrogens is 226 g/mol. The number of nitrogens with two attached hydrogens (primary N) is 1. The molecule has 0 aromatic carbocycles. The SMILES string of the molecule is CCCCCCCCOC(=O)C1(N)CCCCC1. The zero-order chi connectivity index (χ0) is 13.3. The molecule has 1 aliphatic rings. The molecule has 1 saturated carbocycles. The third-order valence-electron chi connectivity index (χ3n) is 3.88. The van der Waals surface area contributed by atoms with E-state index in [0.29, 0.717) is 6.61 Å². The molecule has 1 fully saturated rings. The van der Waals surface area contributed by atoms with Gasteiger partial charge in [0.2, 0.25) is 0 Å². The average molecular weight is 255 g/mol. The molecule has 0 aromatic rings. The summed E-state index contributed by atoms with van der Waals surface area (Å²) in [6.45, 7) is 2.76. The summed E-state index contributed by atoms with van der Waals surface area (Å²) in [6, 6.07) is 0. The van der Waals surface area contributed by atoms with Gasteiger partial charge in [0.05, 0.1) is 6.61 Å². The molecule has 0 bridgehead atoms. The monoisotopic (exact) mass is 255 g/mol. The number of esters is 1. The van der Waals surface area contributed by atoms with Gasteiger partial charge in [-0.05, 0) is 19.3 Å². The minimum atomic E-state index is -0.680. The van der Waals surface area contributed by atoms with Crippen LogP contribution in [0.5, 0.6) is 0 Å². The average Bonchev–Trinajstić information content (AvgIpc) is 2.38. The topological polar surface area (TPSA) is 52.3 Å². The highest BCUT2D eigenvalue weighted by Gasteiger charge is 2.36. The largest absolute Gasteiger partial charge is 0.464 e. The van der Waals surface area contributed by atoms with Gasteiger partial charge in [0.1, 0.15) is 5.54 Å². The first-order chi connectivity index (χ1) is 8.69. The van der Waals surface area contributed by atoms with Gasteiger partial charge in [-0.3, -0.25) is 4.79 Å². The Morgan fingerprint density at radius 2 is 1.67 bits per heavy atom. The third-order valence-corrected chi connectivity index (χ3v) is 3.88. The first-order valence-electron chi connectivity index (χ1n) is 7.65. The van der Waals surface area contributed by atoms with E-state index in [1.54, 1.807) is 0 Å². The molecule has 18 heavy (non-hydrogen) atoms. The van der Waals surface area contributed by atoms with Gasteiger partial charge in [0.25, 0.3) is 0 Å². The Morgan fingerprint density at radius 1 is 1.06 bits per heavy atom. The Morgan fingerprint density at radius 3 is 2.33 bits per heavy atom. The fourth-order valence-corrected chi connectivity index (χ4v) is 2.58. The number of hydrogen-bond donors (Lipinski definition) is 1. The number of ether oxygens (including phenoxy) is 1. The molecule has 0 amide bonds. The van der Waals surface area contributed by atoms with E-state index < -0.39 is 5.54 Å². The van der Waals surface area contributed by atoms with Crippen molar-refractivity contribution in [3.63, 3.8) is 0 Å². The van der Waals surface area contributed by atoms with Crippen LogP contribution in [0.4, 0.5) is 0 Å². The van der Waals surface area contributed by atoms with Gasteiger partial charge in [0.15, 0.2) is 0 Å². The number of hydrogen-bond acceptors (Lipinski definition) is 3. The zero-order valence-corrected chi connectivity index (χ0v) is 11.9. The van der Waals surface area contributed by atoms with E-state index in [9.17, 15) is 4.79 Å². The Bertz CT molecular complexity index is 235. The van der Waals surface area contributed by atoms with Crippen molar-refractivity contribution in [2.45, 2.75) is 83.1 Å². The summed E-state index contributed by atoms with van der Waals surface area (Å²) in [5.74, 6) is -0.171. The Labute approximate surface area is 111 Å². The molecule has 106 valence electrons. The van der Waals surface area contributed by atoms with Gasteiger partial charge in [-0.15, -0.1) is 0 Å². The smallest absolute Gasteiger partial charge is 0.326 e. The van der Waals surface area contributed by atoms with Crippen molar-refractivity contribution in [2.24, 2.45) is 5.73 Å². The van der Waals surface area contributed by atoms with Crippen LogP contribution in [-0.2, 0) is 9.53 Å². The fraction of sp³-hybridized carbons (Fsp3) is 0.933. The van der Waals surface area contributed by atoms with E-state index in [4.69, 9.17) is 10.5 Å². The van der Waals surface area contributed by atoms with E-state index >= 15 is 0 Å². The van der Waals surface area contributed by atoms with Gasteiger partial charge in [0, 0.05) is 0 Å². The molecule has 3 heteroatoms. The predicted octanol–water partition coefficient (Wildman–Crippen LogP) is 3.55. The maximum atomic E-state index is 11.9. The summed E-state index contributed by atoms with van der Waals surface area (Å²) >= 11 is 0. The maximum absolute atomic E-state index is 11.9. The normalized spacial score (nSPS) is 18.6. The highest BCUT2D eigenvalue weighted by molar-refractivity contribution is 5.80. The van der Waals surface area contributed by atoms with E-state index in [1.807, 2.05) is 0 Å². The van der Waals surface area contributed by atoms with E-state index in [-0.39, 0.29) is 5.97 Å². The van der Waals surface area contributed by atoms with Gasteiger partial charge >= 0.3 is 5.97 Å². The second kappa shape index (κ2) is 8.52. The van der Waals surface area contributed by atoms with Crippen molar-refractivity contribution < 1.29 is 9.53 Å². The molecule has 0 radical (unpaired) electrons. The fourth-order valence-electron chi connectivity index (χ4n) is 2.58. The lowest BCUT2D eigenvalue weighted by Gasteiger charge is -2.30. The van der Waals surface area contributed by atoms with Crippen molar-refractivity contribution >= 4 is 5.97 Å². The van der Waals surface area contributed by atoms with Crippen molar-refractivity contribution in [3.8, 4) is 0 Å². The molecule has 2 N–H and O–H groups in total. The van der Waals surface area contributed by atoms with Crippen molar-refractivity contribution in [3.05, 3.63) is 0 Å². The summed E-state index contributed by atoms with van der Waals surface area (Å²) in [5, 5.41) is 0. The van der Waals surface area contributed by atoms with Crippen LogP contribution < -0.4 is 5.73 Å². The van der Waals surface area contributed by atoms with Crippen LogP contribution in [0.2, 0.25) is 0 Å². The minimum absolute atomic E-state index is 0.171. The summed E-state index contributed by atoms with van der Waals surface area (Å²) in [6.07, 6.45) is 12.2. The Hall–Kier alpha value is -0.570. The molecule has 1 aliphatic carbocycles. The van der Waals surface area contributed by atoms with Crippen molar-refractivity contribution in [1.82, 2.24) is 0 Å². The van der Waals surface area contributed by atoms with E-state index in [2.05, 4.69) is 6.92 Å². The summed E-state index contributed by atoms with van der Waals surface area (Å²) in [7, 11) is 0. The molecular formula is C15H29NO2. The second-order valence-electron chi connectivity index (χ2n) is 5.62. The lowest BCUT2D eigenvalue weighted by molar-refractivity contribution is -0.151. The molecule has 1 rings (SSSR count). The van der Waals surface area contributed by atoms with Crippen LogP contribution in [0.3, 0.4) is 0 Å². The van der Waals surface area contributed by atoms with Crippen molar-refractivity contribution in [2.75, 3.05) is 6.61 Å². The van der Waals surface area contributed by atoms with Crippen molar-refractivity contribution in [1.29, 1.82) is 0 Å². The van der Waals surface area contributed by atoms with Gasteiger partial charge in [-0.25, -0.2) is 0 Å². The minimum Gasteiger partial charge on any atom is -0.464 e. The van der Waals surface area contributed by atoms with Crippen LogP contribution in [0.1, 0.15) is 77.6 Å². The number of carbonyl (C=O) groups is 1. The number of carbonyl (C=O) groups excluding carboxylic acids is 1.